The molecule has 1 heterocycles. The molecule has 1 saturated carbocycles. The zero-order chi connectivity index (χ0) is 12.3. The molecule has 1 aliphatic carbocycles. The predicted octanol–water partition coefficient (Wildman–Crippen LogP) is 2.40. The SMILES string of the molecule is CC1CCC(OC(=O)c2cncc(N)c2)CC1. The van der Waals surface area contributed by atoms with Gasteiger partial charge in [-0.1, -0.05) is 6.92 Å². The number of esters is 1. The Kier molecular flexibility index (Phi) is 3.61. The molecule has 1 fully saturated rings. The van der Waals surface area contributed by atoms with Gasteiger partial charge in [-0.3, -0.25) is 4.98 Å². The van der Waals surface area contributed by atoms with Gasteiger partial charge in [0.15, 0.2) is 0 Å². The fourth-order valence-corrected chi connectivity index (χ4v) is 2.14. The van der Waals surface area contributed by atoms with Crippen molar-refractivity contribution < 1.29 is 9.53 Å². The summed E-state index contributed by atoms with van der Waals surface area (Å²) in [6.45, 7) is 2.24. The summed E-state index contributed by atoms with van der Waals surface area (Å²) >= 11 is 0. The molecule has 0 unspecified atom stereocenters. The van der Waals surface area contributed by atoms with Crippen LogP contribution >= 0.6 is 0 Å². The molecule has 0 amide bonds. The summed E-state index contributed by atoms with van der Waals surface area (Å²) in [5.74, 6) is 0.434. The third-order valence-electron chi connectivity index (χ3n) is 3.23. The lowest BCUT2D eigenvalue weighted by Crippen LogP contribution is -2.23. The Balaban J connectivity index is 1.93. The van der Waals surface area contributed by atoms with Crippen LogP contribution in [0.5, 0.6) is 0 Å². The molecule has 2 rings (SSSR count). The maximum atomic E-state index is 11.8. The number of pyridine rings is 1. The van der Waals surface area contributed by atoms with Gasteiger partial charge in [-0.2, -0.15) is 0 Å². The average Bonchev–Trinajstić information content (AvgIpc) is 2.32. The minimum absolute atomic E-state index is 0.0557. The second kappa shape index (κ2) is 5.17. The Hall–Kier alpha value is -1.58. The Labute approximate surface area is 101 Å². The quantitative estimate of drug-likeness (QED) is 0.798. The van der Waals surface area contributed by atoms with Gasteiger partial charge in [0.1, 0.15) is 6.10 Å². The zero-order valence-electron chi connectivity index (χ0n) is 10.1. The molecule has 0 spiro atoms. The molecule has 0 aliphatic heterocycles. The van der Waals surface area contributed by atoms with Crippen molar-refractivity contribution in [2.45, 2.75) is 38.7 Å². The van der Waals surface area contributed by atoms with E-state index in [0.717, 1.165) is 31.6 Å². The van der Waals surface area contributed by atoms with E-state index in [4.69, 9.17) is 10.5 Å². The molecule has 1 aromatic rings. The van der Waals surface area contributed by atoms with Crippen molar-refractivity contribution in [3.05, 3.63) is 24.0 Å². The molecule has 0 bridgehead atoms. The lowest BCUT2D eigenvalue weighted by molar-refractivity contribution is 0.0173. The van der Waals surface area contributed by atoms with Crippen LogP contribution in [0, 0.1) is 5.92 Å². The zero-order valence-corrected chi connectivity index (χ0v) is 10.1. The molecule has 17 heavy (non-hydrogen) atoms. The van der Waals surface area contributed by atoms with Gasteiger partial charge in [0, 0.05) is 12.4 Å². The molecule has 4 nitrogen and oxygen atoms in total. The smallest absolute Gasteiger partial charge is 0.340 e. The predicted molar refractivity (Wildman–Crippen MR) is 65.5 cm³/mol. The van der Waals surface area contributed by atoms with E-state index in [1.165, 1.54) is 12.4 Å². The third-order valence-corrected chi connectivity index (χ3v) is 3.23. The van der Waals surface area contributed by atoms with E-state index in [-0.39, 0.29) is 12.1 Å². The molecular formula is C13H18N2O2. The van der Waals surface area contributed by atoms with E-state index in [1.807, 2.05) is 0 Å². The van der Waals surface area contributed by atoms with Crippen LogP contribution in [0.15, 0.2) is 18.5 Å². The molecule has 0 saturated heterocycles. The van der Waals surface area contributed by atoms with Crippen molar-refractivity contribution in [3.8, 4) is 0 Å². The number of ether oxygens (including phenoxy) is 1. The molecule has 0 atom stereocenters. The first-order valence-corrected chi connectivity index (χ1v) is 6.06. The van der Waals surface area contributed by atoms with Gasteiger partial charge >= 0.3 is 5.97 Å². The van der Waals surface area contributed by atoms with Crippen LogP contribution in [0.25, 0.3) is 0 Å². The van der Waals surface area contributed by atoms with Gasteiger partial charge in [-0.15, -0.1) is 0 Å². The second-order valence-corrected chi connectivity index (χ2v) is 4.79. The highest BCUT2D eigenvalue weighted by atomic mass is 16.5. The molecule has 2 N–H and O–H groups in total. The largest absolute Gasteiger partial charge is 0.459 e. The molecule has 0 radical (unpaired) electrons. The van der Waals surface area contributed by atoms with Crippen LogP contribution in [-0.4, -0.2) is 17.1 Å². The van der Waals surface area contributed by atoms with Crippen LogP contribution in [-0.2, 0) is 4.74 Å². The van der Waals surface area contributed by atoms with Crippen LogP contribution in [0.4, 0.5) is 5.69 Å². The highest BCUT2D eigenvalue weighted by Gasteiger charge is 2.22. The van der Waals surface area contributed by atoms with Crippen molar-refractivity contribution in [3.63, 3.8) is 0 Å². The van der Waals surface area contributed by atoms with Gasteiger partial charge in [0.25, 0.3) is 0 Å². The van der Waals surface area contributed by atoms with Gasteiger partial charge in [0.2, 0.25) is 0 Å². The number of carbonyl (C=O) groups excluding carboxylic acids is 1. The van der Waals surface area contributed by atoms with Gasteiger partial charge < -0.3 is 10.5 Å². The number of nitrogen functional groups attached to an aromatic ring is 1. The van der Waals surface area contributed by atoms with Crippen molar-refractivity contribution in [2.75, 3.05) is 5.73 Å². The van der Waals surface area contributed by atoms with E-state index >= 15 is 0 Å². The molecule has 0 aromatic carbocycles. The molecular weight excluding hydrogens is 216 g/mol. The molecule has 92 valence electrons. The van der Waals surface area contributed by atoms with Crippen LogP contribution in [0.2, 0.25) is 0 Å². The first-order valence-electron chi connectivity index (χ1n) is 6.06. The Bertz CT molecular complexity index is 398. The highest BCUT2D eigenvalue weighted by Crippen LogP contribution is 2.26. The van der Waals surface area contributed by atoms with E-state index < -0.39 is 0 Å². The van der Waals surface area contributed by atoms with Crippen molar-refractivity contribution >= 4 is 11.7 Å². The fourth-order valence-electron chi connectivity index (χ4n) is 2.14. The Morgan fingerprint density at radius 1 is 1.35 bits per heavy atom. The van der Waals surface area contributed by atoms with E-state index in [9.17, 15) is 4.79 Å². The van der Waals surface area contributed by atoms with E-state index in [1.54, 1.807) is 6.07 Å². The van der Waals surface area contributed by atoms with Crippen LogP contribution in [0.1, 0.15) is 43.0 Å². The number of hydrogen-bond acceptors (Lipinski definition) is 4. The van der Waals surface area contributed by atoms with Crippen LogP contribution < -0.4 is 5.73 Å². The summed E-state index contributed by atoms with van der Waals surface area (Å²) in [5.41, 5.74) is 6.49. The monoisotopic (exact) mass is 234 g/mol. The number of rotatable bonds is 2. The fraction of sp³-hybridized carbons (Fsp3) is 0.538. The first-order chi connectivity index (χ1) is 8.15. The molecule has 1 aromatic heterocycles. The van der Waals surface area contributed by atoms with Crippen LogP contribution in [0.3, 0.4) is 0 Å². The summed E-state index contributed by atoms with van der Waals surface area (Å²) in [7, 11) is 0. The normalized spacial score (nSPS) is 24.3. The van der Waals surface area contributed by atoms with Crippen molar-refractivity contribution in [2.24, 2.45) is 5.92 Å². The summed E-state index contributed by atoms with van der Waals surface area (Å²) in [5, 5.41) is 0. The van der Waals surface area contributed by atoms with Gasteiger partial charge in [-0.25, -0.2) is 4.79 Å². The Morgan fingerprint density at radius 2 is 2.06 bits per heavy atom. The van der Waals surface area contributed by atoms with Crippen molar-refractivity contribution in [1.82, 2.24) is 4.98 Å². The molecule has 1 aliphatic rings. The summed E-state index contributed by atoms with van der Waals surface area (Å²) in [4.78, 5) is 15.7. The number of carbonyl (C=O) groups is 1. The number of aromatic nitrogens is 1. The summed E-state index contributed by atoms with van der Waals surface area (Å²) in [6.07, 6.45) is 7.24. The summed E-state index contributed by atoms with van der Waals surface area (Å²) < 4.78 is 5.45. The number of nitrogens with two attached hydrogens (primary N) is 1. The third kappa shape index (κ3) is 3.19. The molecule has 4 heteroatoms. The highest BCUT2D eigenvalue weighted by molar-refractivity contribution is 5.90. The van der Waals surface area contributed by atoms with Crippen molar-refractivity contribution in [1.29, 1.82) is 0 Å². The van der Waals surface area contributed by atoms with Gasteiger partial charge in [-0.05, 0) is 37.7 Å². The standard InChI is InChI=1S/C13H18N2O2/c1-9-2-4-12(5-3-9)17-13(16)10-6-11(14)8-15-7-10/h6-9,12H,2-5,14H2,1H3. The lowest BCUT2D eigenvalue weighted by Gasteiger charge is -2.25. The lowest BCUT2D eigenvalue weighted by atomic mass is 9.89. The first kappa shape index (κ1) is 11.9. The number of anilines is 1. The number of nitrogens with zero attached hydrogens (tertiary/aromatic N) is 1. The summed E-state index contributed by atoms with van der Waals surface area (Å²) in [6, 6.07) is 1.60. The topological polar surface area (TPSA) is 65.2 Å². The van der Waals surface area contributed by atoms with Gasteiger partial charge in [0.05, 0.1) is 11.3 Å². The van der Waals surface area contributed by atoms with E-state index in [2.05, 4.69) is 11.9 Å². The maximum Gasteiger partial charge on any atom is 0.340 e. The Morgan fingerprint density at radius 3 is 2.71 bits per heavy atom. The number of hydrogen-bond donors (Lipinski definition) is 1. The van der Waals surface area contributed by atoms with E-state index in [0.29, 0.717) is 11.3 Å². The second-order valence-electron chi connectivity index (χ2n) is 4.79. The minimum Gasteiger partial charge on any atom is -0.459 e. The minimum atomic E-state index is -0.315. The average molecular weight is 234 g/mol. The maximum absolute atomic E-state index is 11.8.